The van der Waals surface area contributed by atoms with Crippen LogP contribution in [-0.2, 0) is 24.3 Å². The van der Waals surface area contributed by atoms with E-state index in [9.17, 15) is 18.0 Å². The molecule has 196 valence electrons. The Morgan fingerprint density at radius 1 is 1.17 bits per heavy atom. The zero-order valence-electron chi connectivity index (χ0n) is 20.2. The van der Waals surface area contributed by atoms with Gasteiger partial charge in [-0.1, -0.05) is 6.07 Å². The average molecular weight is 510 g/mol. The highest BCUT2D eigenvalue weighted by Crippen LogP contribution is 2.28. The number of hydrogen-bond donors (Lipinski definition) is 3. The zero-order chi connectivity index (χ0) is 26.3. The van der Waals surface area contributed by atoms with Crippen molar-refractivity contribution in [2.45, 2.75) is 58.4 Å². The SMILES string of the molecule is CC(C)Nc1nc(N2CCCC2)nc2c1CN(C(=O)NCc1cccnc1)CC2.O=C(O)C(F)(F)F. The highest BCUT2D eigenvalue weighted by atomic mass is 19.4. The lowest BCUT2D eigenvalue weighted by atomic mass is 10.1. The molecule has 13 heteroatoms. The zero-order valence-corrected chi connectivity index (χ0v) is 20.2. The molecule has 2 aromatic rings. The van der Waals surface area contributed by atoms with Gasteiger partial charge in [0.05, 0.1) is 12.2 Å². The smallest absolute Gasteiger partial charge is 0.475 e. The van der Waals surface area contributed by atoms with Crippen LogP contribution in [0.25, 0.3) is 0 Å². The Balaban J connectivity index is 0.000000454. The van der Waals surface area contributed by atoms with E-state index in [1.807, 2.05) is 17.0 Å². The fraction of sp³-hybridized carbons (Fsp3) is 0.522. The molecule has 2 aliphatic heterocycles. The lowest BCUT2D eigenvalue weighted by Crippen LogP contribution is -2.43. The van der Waals surface area contributed by atoms with Crippen LogP contribution in [0.2, 0.25) is 0 Å². The number of alkyl halides is 3. The number of carbonyl (C=O) groups excluding carboxylic acids is 1. The number of carboxylic acid groups (broad SMARTS) is 1. The molecule has 2 aromatic heterocycles. The maximum absolute atomic E-state index is 12.7. The minimum absolute atomic E-state index is 0.0707. The second-order valence-corrected chi connectivity index (χ2v) is 8.79. The van der Waals surface area contributed by atoms with Crippen molar-refractivity contribution in [1.82, 2.24) is 25.2 Å². The van der Waals surface area contributed by atoms with Gasteiger partial charge in [0.1, 0.15) is 5.82 Å². The van der Waals surface area contributed by atoms with E-state index >= 15 is 0 Å². The number of nitrogens with one attached hydrogen (secondary N) is 2. The summed E-state index contributed by atoms with van der Waals surface area (Å²) in [7, 11) is 0. The van der Waals surface area contributed by atoms with Gasteiger partial charge in [-0.15, -0.1) is 0 Å². The van der Waals surface area contributed by atoms with Crippen molar-refractivity contribution in [2.24, 2.45) is 0 Å². The van der Waals surface area contributed by atoms with E-state index in [1.165, 1.54) is 12.8 Å². The lowest BCUT2D eigenvalue weighted by molar-refractivity contribution is -0.192. The quantitative estimate of drug-likeness (QED) is 0.562. The predicted octanol–water partition coefficient (Wildman–Crippen LogP) is 3.19. The maximum Gasteiger partial charge on any atom is 0.490 e. The molecule has 0 radical (unpaired) electrons. The number of nitrogens with zero attached hydrogens (tertiary/aromatic N) is 5. The van der Waals surface area contributed by atoms with Crippen molar-refractivity contribution >= 4 is 23.8 Å². The van der Waals surface area contributed by atoms with Crippen LogP contribution in [0.3, 0.4) is 0 Å². The summed E-state index contributed by atoms with van der Waals surface area (Å²) in [5, 5.41) is 13.6. The second kappa shape index (κ2) is 11.9. The van der Waals surface area contributed by atoms with Crippen LogP contribution in [0.15, 0.2) is 24.5 Å². The van der Waals surface area contributed by atoms with Gasteiger partial charge in [0.15, 0.2) is 0 Å². The van der Waals surface area contributed by atoms with Crippen LogP contribution in [-0.4, -0.2) is 68.8 Å². The second-order valence-electron chi connectivity index (χ2n) is 8.79. The highest BCUT2D eigenvalue weighted by molar-refractivity contribution is 5.75. The molecule has 2 amide bonds. The standard InChI is InChI=1S/C21H29N7O.C2HF3O2/c1-15(2)24-19-17-14-28(21(29)23-13-16-6-5-8-22-12-16)11-7-18(17)25-20(26-19)27-9-3-4-10-27;3-2(4,5)1(6)7/h5-6,8,12,15H,3-4,7,9-11,13-14H2,1-2H3,(H,23,29)(H,24,25,26);(H,6,7). The molecular formula is C23H30F3N7O3. The number of aliphatic carboxylic acids is 1. The molecule has 4 rings (SSSR count). The monoisotopic (exact) mass is 509 g/mol. The molecule has 2 aliphatic rings. The summed E-state index contributed by atoms with van der Waals surface area (Å²) < 4.78 is 31.7. The van der Waals surface area contributed by atoms with Gasteiger partial charge in [0.25, 0.3) is 0 Å². The van der Waals surface area contributed by atoms with E-state index in [0.29, 0.717) is 19.6 Å². The van der Waals surface area contributed by atoms with Crippen molar-refractivity contribution in [2.75, 3.05) is 29.9 Å². The molecule has 3 N–H and O–H groups in total. The van der Waals surface area contributed by atoms with Crippen LogP contribution in [0, 0.1) is 0 Å². The molecule has 0 aromatic carbocycles. The third-order valence-corrected chi connectivity index (χ3v) is 5.56. The Labute approximate surface area is 206 Å². The van der Waals surface area contributed by atoms with Gasteiger partial charge in [0, 0.05) is 56.6 Å². The van der Waals surface area contributed by atoms with Gasteiger partial charge in [-0.05, 0) is 38.3 Å². The Morgan fingerprint density at radius 3 is 2.44 bits per heavy atom. The van der Waals surface area contributed by atoms with E-state index < -0.39 is 12.1 Å². The molecule has 1 fully saturated rings. The van der Waals surface area contributed by atoms with E-state index in [-0.39, 0.29) is 12.1 Å². The van der Waals surface area contributed by atoms with E-state index in [0.717, 1.165) is 48.1 Å². The van der Waals surface area contributed by atoms with Crippen LogP contribution < -0.4 is 15.5 Å². The summed E-state index contributed by atoms with van der Waals surface area (Å²) in [5.41, 5.74) is 3.07. The molecule has 4 heterocycles. The first kappa shape index (κ1) is 27.0. The largest absolute Gasteiger partial charge is 0.490 e. The van der Waals surface area contributed by atoms with Crippen molar-refractivity contribution < 1.29 is 27.9 Å². The molecule has 10 nitrogen and oxygen atoms in total. The van der Waals surface area contributed by atoms with Crippen molar-refractivity contribution in [3.63, 3.8) is 0 Å². The van der Waals surface area contributed by atoms with Crippen LogP contribution >= 0.6 is 0 Å². The number of rotatable bonds is 5. The minimum Gasteiger partial charge on any atom is -0.475 e. The van der Waals surface area contributed by atoms with Crippen LogP contribution in [0.1, 0.15) is 43.5 Å². The molecule has 0 spiro atoms. The first-order valence-corrected chi connectivity index (χ1v) is 11.7. The summed E-state index contributed by atoms with van der Waals surface area (Å²) in [6.07, 6.45) is 1.54. The normalized spacial score (nSPS) is 15.2. The summed E-state index contributed by atoms with van der Waals surface area (Å²) in [5.74, 6) is -1.08. The van der Waals surface area contributed by atoms with Crippen molar-refractivity contribution in [3.8, 4) is 0 Å². The minimum atomic E-state index is -5.08. The first-order chi connectivity index (χ1) is 17.0. The highest BCUT2D eigenvalue weighted by Gasteiger charge is 2.38. The van der Waals surface area contributed by atoms with E-state index in [1.54, 1.807) is 12.4 Å². The van der Waals surface area contributed by atoms with E-state index in [2.05, 4.69) is 34.4 Å². The number of amides is 2. The average Bonchev–Trinajstić information content (AvgIpc) is 3.37. The fourth-order valence-corrected chi connectivity index (χ4v) is 3.82. The van der Waals surface area contributed by atoms with Crippen molar-refractivity contribution in [3.05, 3.63) is 41.3 Å². The number of hydrogen-bond acceptors (Lipinski definition) is 7. The van der Waals surface area contributed by atoms with Gasteiger partial charge >= 0.3 is 18.2 Å². The number of pyridine rings is 1. The number of anilines is 2. The molecular weight excluding hydrogens is 479 g/mol. The number of fused-ring (bicyclic) bond motifs is 1. The van der Waals surface area contributed by atoms with Gasteiger partial charge in [-0.25, -0.2) is 14.6 Å². The molecule has 36 heavy (non-hydrogen) atoms. The van der Waals surface area contributed by atoms with Gasteiger partial charge < -0.3 is 25.5 Å². The Kier molecular flexibility index (Phi) is 8.88. The Bertz CT molecular complexity index is 1050. The first-order valence-electron chi connectivity index (χ1n) is 11.7. The Morgan fingerprint density at radius 2 is 1.86 bits per heavy atom. The van der Waals surface area contributed by atoms with Crippen molar-refractivity contribution in [1.29, 1.82) is 0 Å². The maximum atomic E-state index is 12.7. The van der Waals surface area contributed by atoms with Gasteiger partial charge in [-0.3, -0.25) is 4.98 Å². The summed E-state index contributed by atoms with van der Waals surface area (Å²) in [6.45, 7) is 7.88. The summed E-state index contributed by atoms with van der Waals surface area (Å²) in [4.78, 5) is 39.5. The molecule has 0 saturated carbocycles. The number of urea groups is 1. The van der Waals surface area contributed by atoms with Gasteiger partial charge in [0.2, 0.25) is 5.95 Å². The molecule has 0 aliphatic carbocycles. The van der Waals surface area contributed by atoms with Crippen LogP contribution in [0.5, 0.6) is 0 Å². The molecule has 0 atom stereocenters. The van der Waals surface area contributed by atoms with Gasteiger partial charge in [-0.2, -0.15) is 18.2 Å². The predicted molar refractivity (Wildman–Crippen MR) is 127 cm³/mol. The summed E-state index contributed by atoms with van der Waals surface area (Å²) >= 11 is 0. The number of carboxylic acids is 1. The lowest BCUT2D eigenvalue weighted by Gasteiger charge is -2.31. The molecule has 0 unspecified atom stereocenters. The fourth-order valence-electron chi connectivity index (χ4n) is 3.82. The third kappa shape index (κ3) is 7.43. The molecule has 0 bridgehead atoms. The molecule has 1 saturated heterocycles. The number of carbonyl (C=O) groups is 2. The summed E-state index contributed by atoms with van der Waals surface area (Å²) in [6, 6.07) is 4.02. The van der Waals surface area contributed by atoms with Crippen LogP contribution in [0.4, 0.5) is 29.7 Å². The number of aromatic nitrogens is 3. The Hall–Kier alpha value is -3.64. The number of halogens is 3. The topological polar surface area (TPSA) is 124 Å². The third-order valence-electron chi connectivity index (χ3n) is 5.56. The van der Waals surface area contributed by atoms with E-state index in [4.69, 9.17) is 19.9 Å².